The summed E-state index contributed by atoms with van der Waals surface area (Å²) in [5.74, 6) is -1.27. The van der Waals surface area contributed by atoms with Crippen molar-refractivity contribution in [2.45, 2.75) is 24.3 Å². The van der Waals surface area contributed by atoms with Crippen molar-refractivity contribution in [1.29, 1.82) is 0 Å². The summed E-state index contributed by atoms with van der Waals surface area (Å²) in [7, 11) is 0. The van der Waals surface area contributed by atoms with Gasteiger partial charge in [-0.25, -0.2) is 4.79 Å². The largest absolute Gasteiger partial charge is 0.477 e. The Bertz CT molecular complexity index is 539. The topological polar surface area (TPSA) is 83.7 Å². The Morgan fingerprint density at radius 1 is 1.40 bits per heavy atom. The van der Waals surface area contributed by atoms with Crippen molar-refractivity contribution in [1.82, 2.24) is 0 Å². The van der Waals surface area contributed by atoms with Gasteiger partial charge < -0.3 is 10.0 Å². The van der Waals surface area contributed by atoms with Crippen LogP contribution in [-0.2, 0) is 0 Å². The van der Waals surface area contributed by atoms with E-state index in [0.717, 1.165) is 0 Å². The number of carbonyl (C=O) groups is 1. The summed E-state index contributed by atoms with van der Waals surface area (Å²) in [6, 6.07) is 4.46. The van der Waals surface area contributed by atoms with Crippen LogP contribution in [0.1, 0.15) is 24.2 Å². The summed E-state index contributed by atoms with van der Waals surface area (Å²) in [4.78, 5) is 23.7. The van der Waals surface area contributed by atoms with Crippen LogP contribution >= 0.6 is 11.8 Å². The number of nitro benzene ring substituents is 1. The zero-order valence-corrected chi connectivity index (χ0v) is 12.1. The molecule has 2 rings (SSSR count). The van der Waals surface area contributed by atoms with E-state index >= 15 is 0 Å². The van der Waals surface area contributed by atoms with E-state index < -0.39 is 10.9 Å². The maximum absolute atomic E-state index is 11.3. The van der Waals surface area contributed by atoms with E-state index in [1.54, 1.807) is 12.1 Å². The third kappa shape index (κ3) is 2.87. The number of carboxylic acids is 1. The average molecular weight is 296 g/mol. The summed E-state index contributed by atoms with van der Waals surface area (Å²) in [5.41, 5.74) is -0.175. The minimum atomic E-state index is -1.27. The molecule has 1 heterocycles. The highest BCUT2D eigenvalue weighted by Gasteiger charge is 2.31. The molecule has 0 amide bonds. The van der Waals surface area contributed by atoms with Gasteiger partial charge in [0.05, 0.1) is 4.92 Å². The number of nitro groups is 1. The van der Waals surface area contributed by atoms with Crippen LogP contribution in [0, 0.1) is 10.1 Å². The smallest absolute Gasteiger partial charge is 0.342 e. The van der Waals surface area contributed by atoms with Gasteiger partial charge in [-0.15, -0.1) is 0 Å². The number of hydrogen-bond acceptors (Lipinski definition) is 5. The van der Waals surface area contributed by atoms with E-state index in [1.165, 1.54) is 6.07 Å². The van der Waals surface area contributed by atoms with Crippen molar-refractivity contribution in [2.75, 3.05) is 18.0 Å². The molecule has 1 aromatic rings. The highest BCUT2D eigenvalue weighted by molar-refractivity contribution is 8.00. The Kier molecular flexibility index (Phi) is 4.17. The molecule has 0 aliphatic carbocycles. The maximum Gasteiger partial charge on any atom is 0.342 e. The van der Waals surface area contributed by atoms with Crippen molar-refractivity contribution < 1.29 is 14.8 Å². The van der Waals surface area contributed by atoms with Crippen LogP contribution < -0.4 is 4.90 Å². The second-order valence-corrected chi connectivity index (χ2v) is 6.78. The SMILES string of the molecule is CC1CN(c2cccc(C(=O)O)c2[N+](=O)[O-])CC(C)S1. The van der Waals surface area contributed by atoms with Crippen LogP contribution in [0.2, 0.25) is 0 Å². The summed E-state index contributed by atoms with van der Waals surface area (Å²) < 4.78 is 0. The minimum absolute atomic E-state index is 0.258. The van der Waals surface area contributed by atoms with Crippen molar-refractivity contribution in [2.24, 2.45) is 0 Å². The molecule has 2 atom stereocenters. The molecule has 7 heteroatoms. The van der Waals surface area contributed by atoms with E-state index in [2.05, 4.69) is 13.8 Å². The van der Waals surface area contributed by atoms with Gasteiger partial charge in [0.2, 0.25) is 0 Å². The molecule has 1 N–H and O–H groups in total. The molecule has 20 heavy (non-hydrogen) atoms. The molecule has 1 aliphatic heterocycles. The zero-order chi connectivity index (χ0) is 14.9. The molecule has 0 aromatic heterocycles. The van der Waals surface area contributed by atoms with Gasteiger partial charge in [0.15, 0.2) is 0 Å². The summed E-state index contributed by atoms with van der Waals surface area (Å²) in [6.45, 7) is 5.50. The van der Waals surface area contributed by atoms with Gasteiger partial charge >= 0.3 is 11.7 Å². The van der Waals surface area contributed by atoms with Crippen LogP contribution in [-0.4, -0.2) is 39.6 Å². The number of nitrogens with zero attached hydrogens (tertiary/aromatic N) is 2. The molecular weight excluding hydrogens is 280 g/mol. The third-order valence-corrected chi connectivity index (χ3v) is 4.42. The van der Waals surface area contributed by atoms with Gasteiger partial charge in [0.1, 0.15) is 11.3 Å². The minimum Gasteiger partial charge on any atom is -0.477 e. The van der Waals surface area contributed by atoms with Crippen molar-refractivity contribution in [3.63, 3.8) is 0 Å². The van der Waals surface area contributed by atoms with Gasteiger partial charge in [-0.3, -0.25) is 10.1 Å². The van der Waals surface area contributed by atoms with Crippen LogP contribution in [0.4, 0.5) is 11.4 Å². The molecule has 1 aromatic carbocycles. The van der Waals surface area contributed by atoms with Crippen LogP contribution in [0.5, 0.6) is 0 Å². The highest BCUT2D eigenvalue weighted by atomic mass is 32.2. The van der Waals surface area contributed by atoms with Gasteiger partial charge in [-0.05, 0) is 12.1 Å². The monoisotopic (exact) mass is 296 g/mol. The first-order valence-corrected chi connectivity index (χ1v) is 7.25. The molecule has 6 nitrogen and oxygen atoms in total. The van der Waals surface area contributed by atoms with E-state index in [-0.39, 0.29) is 11.3 Å². The fourth-order valence-electron chi connectivity index (χ4n) is 2.53. The van der Waals surface area contributed by atoms with E-state index in [0.29, 0.717) is 29.3 Å². The molecule has 1 aliphatic rings. The number of para-hydroxylation sites is 1. The van der Waals surface area contributed by atoms with Crippen molar-refractivity contribution in [3.05, 3.63) is 33.9 Å². The number of anilines is 1. The molecule has 108 valence electrons. The van der Waals surface area contributed by atoms with Gasteiger partial charge in [-0.1, -0.05) is 19.9 Å². The van der Waals surface area contributed by atoms with Gasteiger partial charge in [0, 0.05) is 23.6 Å². The van der Waals surface area contributed by atoms with Crippen LogP contribution in [0.15, 0.2) is 18.2 Å². The second-order valence-electron chi connectivity index (χ2n) is 4.90. The predicted octanol–water partition coefficient (Wildman–Crippen LogP) is 2.62. The lowest BCUT2D eigenvalue weighted by atomic mass is 10.1. The molecule has 2 unspecified atom stereocenters. The predicted molar refractivity (Wildman–Crippen MR) is 78.8 cm³/mol. The van der Waals surface area contributed by atoms with Crippen molar-refractivity contribution >= 4 is 29.1 Å². The summed E-state index contributed by atoms with van der Waals surface area (Å²) in [6.07, 6.45) is 0. The average Bonchev–Trinajstić information content (AvgIpc) is 2.36. The first-order valence-electron chi connectivity index (χ1n) is 6.31. The van der Waals surface area contributed by atoms with Gasteiger partial charge in [0.25, 0.3) is 0 Å². The standard InChI is InChI=1S/C13H16N2O4S/c1-8-6-14(7-9(2)20-8)11-5-3-4-10(13(16)17)12(11)15(18)19/h3-5,8-9H,6-7H2,1-2H3,(H,16,17). The molecule has 1 fully saturated rings. The fraction of sp³-hybridized carbons (Fsp3) is 0.462. The molecule has 0 radical (unpaired) electrons. The van der Waals surface area contributed by atoms with E-state index in [1.807, 2.05) is 16.7 Å². The lowest BCUT2D eigenvalue weighted by molar-refractivity contribution is -0.384. The summed E-state index contributed by atoms with van der Waals surface area (Å²) >= 11 is 1.84. The maximum atomic E-state index is 11.3. The van der Waals surface area contributed by atoms with Crippen LogP contribution in [0.25, 0.3) is 0 Å². The molecule has 0 bridgehead atoms. The molecule has 0 spiro atoms. The first kappa shape index (κ1) is 14.6. The number of rotatable bonds is 3. The number of benzene rings is 1. The molecular formula is C13H16N2O4S. The highest BCUT2D eigenvalue weighted by Crippen LogP contribution is 2.36. The number of hydrogen-bond donors (Lipinski definition) is 1. The van der Waals surface area contributed by atoms with E-state index in [4.69, 9.17) is 5.11 Å². The van der Waals surface area contributed by atoms with Crippen molar-refractivity contribution in [3.8, 4) is 0 Å². The quantitative estimate of drug-likeness (QED) is 0.682. The Morgan fingerprint density at radius 3 is 2.50 bits per heavy atom. The Labute approximate surface area is 120 Å². The third-order valence-electron chi connectivity index (χ3n) is 3.19. The fourth-order valence-corrected chi connectivity index (χ4v) is 3.85. The lowest BCUT2D eigenvalue weighted by Crippen LogP contribution is -2.40. The summed E-state index contributed by atoms with van der Waals surface area (Å²) in [5, 5.41) is 21.1. The Hall–Kier alpha value is -1.76. The second kappa shape index (κ2) is 5.70. The number of thioether (sulfide) groups is 1. The van der Waals surface area contributed by atoms with Gasteiger partial charge in [-0.2, -0.15) is 11.8 Å². The molecule has 1 saturated heterocycles. The normalized spacial score (nSPS) is 22.6. The number of aromatic carboxylic acids is 1. The Morgan fingerprint density at radius 2 is 2.00 bits per heavy atom. The first-order chi connectivity index (χ1) is 9.40. The van der Waals surface area contributed by atoms with Crippen LogP contribution in [0.3, 0.4) is 0 Å². The number of carboxylic acid groups (broad SMARTS) is 1. The lowest BCUT2D eigenvalue weighted by Gasteiger charge is -2.35. The van der Waals surface area contributed by atoms with E-state index in [9.17, 15) is 14.9 Å². The zero-order valence-electron chi connectivity index (χ0n) is 11.3. The Balaban J connectivity index is 2.48. The molecule has 0 saturated carbocycles.